The van der Waals surface area contributed by atoms with Gasteiger partial charge in [-0.1, -0.05) is 0 Å². The minimum atomic E-state index is -1.14. The second kappa shape index (κ2) is 5.36. The summed E-state index contributed by atoms with van der Waals surface area (Å²) in [6.45, 7) is 5.72. The minimum absolute atomic E-state index is 0.0792. The molecular weight excluding hydrogens is 278 g/mol. The molecule has 2 rings (SSSR count). The zero-order valence-electron chi connectivity index (χ0n) is 12.3. The van der Waals surface area contributed by atoms with E-state index in [1.165, 1.54) is 9.58 Å². The average Bonchev–Trinajstić information content (AvgIpc) is 2.87. The predicted octanol–water partition coefficient (Wildman–Crippen LogP) is 0.824. The Morgan fingerprint density at radius 3 is 2.52 bits per heavy atom. The molecule has 1 aromatic heterocycles. The number of amides is 1. The SMILES string of the molecule is CC(C)(C)OC(=O)N1Cc2c(C(=O)O)nn(CCO)c2C1. The second-order valence-electron chi connectivity index (χ2n) is 5.86. The summed E-state index contributed by atoms with van der Waals surface area (Å²) >= 11 is 0. The number of nitrogens with zero attached hydrogens (tertiary/aromatic N) is 3. The molecule has 0 unspecified atom stereocenters. The van der Waals surface area contributed by atoms with Gasteiger partial charge in [-0.3, -0.25) is 9.58 Å². The molecule has 0 saturated heterocycles. The van der Waals surface area contributed by atoms with Crippen LogP contribution in [0.5, 0.6) is 0 Å². The van der Waals surface area contributed by atoms with E-state index in [2.05, 4.69) is 5.10 Å². The zero-order valence-corrected chi connectivity index (χ0v) is 12.3. The Morgan fingerprint density at radius 1 is 1.33 bits per heavy atom. The lowest BCUT2D eigenvalue weighted by molar-refractivity contribution is 0.0236. The van der Waals surface area contributed by atoms with E-state index in [4.69, 9.17) is 14.9 Å². The highest BCUT2D eigenvalue weighted by Crippen LogP contribution is 2.27. The summed E-state index contributed by atoms with van der Waals surface area (Å²) in [4.78, 5) is 24.7. The third-order valence-electron chi connectivity index (χ3n) is 3.02. The third kappa shape index (κ3) is 3.15. The van der Waals surface area contributed by atoms with Crippen LogP contribution in [0.2, 0.25) is 0 Å². The highest BCUT2D eigenvalue weighted by molar-refractivity contribution is 5.88. The van der Waals surface area contributed by atoms with Crippen LogP contribution in [-0.2, 0) is 24.4 Å². The molecule has 0 atom stereocenters. The predicted molar refractivity (Wildman–Crippen MR) is 71.8 cm³/mol. The molecule has 0 aliphatic carbocycles. The molecule has 1 aromatic rings. The van der Waals surface area contributed by atoms with E-state index in [1.807, 2.05) is 0 Å². The summed E-state index contributed by atoms with van der Waals surface area (Å²) in [6, 6.07) is 0. The molecule has 0 aromatic carbocycles. The second-order valence-corrected chi connectivity index (χ2v) is 5.86. The average molecular weight is 297 g/mol. The number of rotatable bonds is 3. The van der Waals surface area contributed by atoms with Crippen molar-refractivity contribution in [2.75, 3.05) is 6.61 Å². The van der Waals surface area contributed by atoms with Gasteiger partial charge >= 0.3 is 12.1 Å². The van der Waals surface area contributed by atoms with E-state index < -0.39 is 17.7 Å². The Kier molecular flexibility index (Phi) is 3.91. The van der Waals surface area contributed by atoms with Crippen LogP contribution < -0.4 is 0 Å². The summed E-state index contributed by atoms with van der Waals surface area (Å²) in [5.74, 6) is -1.14. The fraction of sp³-hybridized carbons (Fsp3) is 0.615. The van der Waals surface area contributed by atoms with Gasteiger partial charge in [-0.05, 0) is 20.8 Å². The van der Waals surface area contributed by atoms with Gasteiger partial charge in [-0.2, -0.15) is 5.10 Å². The molecular formula is C13H19N3O5. The Labute approximate surface area is 121 Å². The smallest absolute Gasteiger partial charge is 0.410 e. The van der Waals surface area contributed by atoms with E-state index in [9.17, 15) is 9.59 Å². The Morgan fingerprint density at radius 2 is 2.00 bits per heavy atom. The van der Waals surface area contributed by atoms with Crippen molar-refractivity contribution in [1.82, 2.24) is 14.7 Å². The number of carboxylic acid groups (broad SMARTS) is 1. The number of hydrogen-bond donors (Lipinski definition) is 2. The molecule has 21 heavy (non-hydrogen) atoms. The molecule has 2 heterocycles. The summed E-state index contributed by atoms with van der Waals surface area (Å²) in [5.41, 5.74) is 0.442. The van der Waals surface area contributed by atoms with E-state index >= 15 is 0 Å². The first kappa shape index (κ1) is 15.3. The molecule has 0 radical (unpaired) electrons. The normalized spacial score (nSPS) is 14.2. The zero-order chi connectivity index (χ0) is 15.8. The van der Waals surface area contributed by atoms with E-state index in [0.29, 0.717) is 11.3 Å². The van der Waals surface area contributed by atoms with Crippen molar-refractivity contribution in [3.63, 3.8) is 0 Å². The number of aromatic carboxylic acids is 1. The minimum Gasteiger partial charge on any atom is -0.476 e. The van der Waals surface area contributed by atoms with Gasteiger partial charge < -0.3 is 14.9 Å². The van der Waals surface area contributed by atoms with Crippen LogP contribution in [0.4, 0.5) is 4.79 Å². The number of aliphatic hydroxyl groups excluding tert-OH is 1. The van der Waals surface area contributed by atoms with Crippen molar-refractivity contribution in [3.05, 3.63) is 17.0 Å². The van der Waals surface area contributed by atoms with Gasteiger partial charge in [0.05, 0.1) is 31.9 Å². The largest absolute Gasteiger partial charge is 0.476 e. The molecule has 8 heteroatoms. The molecule has 1 amide bonds. The van der Waals surface area contributed by atoms with Crippen LogP contribution in [0, 0.1) is 0 Å². The third-order valence-corrected chi connectivity index (χ3v) is 3.02. The number of carbonyl (C=O) groups is 2. The number of carbonyl (C=O) groups excluding carboxylic acids is 1. The topological polar surface area (TPSA) is 105 Å². The Bertz CT molecular complexity index is 573. The van der Waals surface area contributed by atoms with Crippen molar-refractivity contribution >= 4 is 12.1 Å². The first-order valence-electron chi connectivity index (χ1n) is 6.63. The van der Waals surface area contributed by atoms with Crippen LogP contribution in [0.3, 0.4) is 0 Å². The number of hydrogen-bond acceptors (Lipinski definition) is 5. The Hall–Kier alpha value is -2.09. The van der Waals surface area contributed by atoms with Crippen molar-refractivity contribution in [2.24, 2.45) is 0 Å². The molecule has 0 saturated carbocycles. The molecule has 2 N–H and O–H groups in total. The van der Waals surface area contributed by atoms with Gasteiger partial charge in [-0.25, -0.2) is 9.59 Å². The lowest BCUT2D eigenvalue weighted by atomic mass is 10.2. The first-order chi connectivity index (χ1) is 9.73. The van der Waals surface area contributed by atoms with E-state index in [1.54, 1.807) is 20.8 Å². The van der Waals surface area contributed by atoms with Crippen molar-refractivity contribution in [3.8, 4) is 0 Å². The molecule has 116 valence electrons. The maximum absolute atomic E-state index is 12.1. The highest BCUT2D eigenvalue weighted by Gasteiger charge is 2.34. The van der Waals surface area contributed by atoms with Gasteiger partial charge in [0.2, 0.25) is 0 Å². The summed E-state index contributed by atoms with van der Waals surface area (Å²) in [7, 11) is 0. The van der Waals surface area contributed by atoms with Crippen LogP contribution >= 0.6 is 0 Å². The molecule has 0 bridgehead atoms. The van der Waals surface area contributed by atoms with Crippen LogP contribution in [0.25, 0.3) is 0 Å². The maximum atomic E-state index is 12.1. The standard InChI is InChI=1S/C13H19N3O5/c1-13(2,3)21-12(20)15-6-8-9(7-15)16(4-5-17)14-10(8)11(18)19/h17H,4-7H2,1-3H3,(H,18,19). The van der Waals surface area contributed by atoms with E-state index in [-0.39, 0.29) is 31.9 Å². The van der Waals surface area contributed by atoms with Crippen molar-refractivity contribution in [2.45, 2.75) is 46.0 Å². The van der Waals surface area contributed by atoms with Crippen LogP contribution in [-0.4, -0.2) is 49.2 Å². The highest BCUT2D eigenvalue weighted by atomic mass is 16.6. The number of aliphatic hydroxyl groups is 1. The quantitative estimate of drug-likeness (QED) is 0.856. The monoisotopic (exact) mass is 297 g/mol. The van der Waals surface area contributed by atoms with Gasteiger partial charge in [-0.15, -0.1) is 0 Å². The molecule has 1 aliphatic rings. The van der Waals surface area contributed by atoms with Gasteiger partial charge in [0, 0.05) is 5.56 Å². The van der Waals surface area contributed by atoms with E-state index in [0.717, 1.165) is 0 Å². The lowest BCUT2D eigenvalue weighted by Gasteiger charge is -2.24. The molecule has 0 fully saturated rings. The fourth-order valence-electron chi connectivity index (χ4n) is 2.21. The maximum Gasteiger partial charge on any atom is 0.410 e. The number of ether oxygens (including phenoxy) is 1. The summed E-state index contributed by atoms with van der Waals surface area (Å²) in [5, 5.41) is 22.1. The van der Waals surface area contributed by atoms with Gasteiger partial charge in [0.1, 0.15) is 5.60 Å². The molecule has 0 spiro atoms. The Balaban J connectivity index is 2.23. The number of carboxylic acids is 1. The fourth-order valence-corrected chi connectivity index (χ4v) is 2.21. The van der Waals surface area contributed by atoms with Crippen LogP contribution in [0.1, 0.15) is 42.5 Å². The summed E-state index contributed by atoms with van der Waals surface area (Å²) < 4.78 is 6.72. The lowest BCUT2D eigenvalue weighted by Crippen LogP contribution is -2.34. The first-order valence-corrected chi connectivity index (χ1v) is 6.63. The van der Waals surface area contributed by atoms with Crippen molar-refractivity contribution < 1.29 is 24.5 Å². The van der Waals surface area contributed by atoms with Gasteiger partial charge in [0.25, 0.3) is 0 Å². The van der Waals surface area contributed by atoms with Crippen LogP contribution in [0.15, 0.2) is 0 Å². The molecule has 8 nitrogen and oxygen atoms in total. The van der Waals surface area contributed by atoms with Crippen molar-refractivity contribution in [1.29, 1.82) is 0 Å². The summed E-state index contributed by atoms with van der Waals surface area (Å²) in [6.07, 6.45) is -0.495. The molecule has 1 aliphatic heterocycles. The number of aromatic nitrogens is 2. The number of fused-ring (bicyclic) bond motifs is 1. The van der Waals surface area contributed by atoms with Gasteiger partial charge in [0.15, 0.2) is 5.69 Å².